The number of benzene rings is 1. The van der Waals surface area contributed by atoms with Gasteiger partial charge in [0.15, 0.2) is 5.78 Å². The molecule has 0 spiro atoms. The molecule has 0 unspecified atom stereocenters. The zero-order chi connectivity index (χ0) is 12.4. The Bertz CT molecular complexity index is 560. The summed E-state index contributed by atoms with van der Waals surface area (Å²) < 4.78 is 2.89. The van der Waals surface area contributed by atoms with Crippen LogP contribution >= 0.6 is 15.9 Å². The molecule has 0 N–H and O–H groups in total. The van der Waals surface area contributed by atoms with Crippen molar-refractivity contribution in [2.24, 2.45) is 0 Å². The molecule has 0 amide bonds. The van der Waals surface area contributed by atoms with E-state index < -0.39 is 0 Å². The highest BCUT2D eigenvalue weighted by atomic mass is 79.9. The molecule has 0 aliphatic rings. The lowest BCUT2D eigenvalue weighted by Gasteiger charge is -2.05. The summed E-state index contributed by atoms with van der Waals surface area (Å²) in [5.74, 6) is 0.0583. The fourth-order valence-electron chi connectivity index (χ4n) is 1.76. The highest BCUT2D eigenvalue weighted by Gasteiger charge is 2.10. The topological polar surface area (TPSA) is 34.9 Å². The van der Waals surface area contributed by atoms with E-state index in [0.29, 0.717) is 12.1 Å². The number of nitrogens with zero attached hydrogens (tertiary/aromatic N) is 2. The Morgan fingerprint density at radius 3 is 2.82 bits per heavy atom. The fourth-order valence-corrected chi connectivity index (χ4v) is 2.21. The summed E-state index contributed by atoms with van der Waals surface area (Å²) in [6, 6.07) is 8.07. The zero-order valence-electron chi connectivity index (χ0n) is 9.77. The molecule has 0 bridgehead atoms. The second kappa shape index (κ2) is 4.84. The van der Waals surface area contributed by atoms with Crippen LogP contribution in [0.15, 0.2) is 34.9 Å². The van der Waals surface area contributed by atoms with Crippen molar-refractivity contribution in [2.45, 2.75) is 20.4 Å². The van der Waals surface area contributed by atoms with Gasteiger partial charge in [-0.3, -0.25) is 9.48 Å². The summed E-state index contributed by atoms with van der Waals surface area (Å²) in [5.41, 5.74) is 2.76. The maximum atomic E-state index is 11.3. The van der Waals surface area contributed by atoms with E-state index in [2.05, 4.69) is 27.1 Å². The molecule has 1 heterocycles. The first-order valence-electron chi connectivity index (χ1n) is 5.35. The van der Waals surface area contributed by atoms with Gasteiger partial charge < -0.3 is 0 Å². The number of rotatable bonds is 3. The number of hydrogen-bond acceptors (Lipinski definition) is 2. The van der Waals surface area contributed by atoms with Crippen molar-refractivity contribution in [2.75, 3.05) is 0 Å². The first-order chi connectivity index (χ1) is 8.08. The Balaban J connectivity index is 2.28. The number of Topliss-reactive ketones (excluding diaryl/α,β-unsaturated/α-hetero) is 1. The van der Waals surface area contributed by atoms with E-state index >= 15 is 0 Å². The molecule has 0 aliphatic carbocycles. The zero-order valence-corrected chi connectivity index (χ0v) is 11.4. The van der Waals surface area contributed by atoms with Crippen molar-refractivity contribution in [3.8, 4) is 0 Å². The third-order valence-electron chi connectivity index (χ3n) is 2.70. The summed E-state index contributed by atoms with van der Waals surface area (Å²) in [6.07, 6.45) is 1.63. The Morgan fingerprint density at radius 1 is 1.47 bits per heavy atom. The molecule has 4 heteroatoms. The van der Waals surface area contributed by atoms with Crippen LogP contribution in [0.25, 0.3) is 0 Å². The number of aromatic nitrogens is 2. The van der Waals surface area contributed by atoms with Gasteiger partial charge in [0.25, 0.3) is 0 Å². The van der Waals surface area contributed by atoms with Crippen molar-refractivity contribution < 1.29 is 4.79 Å². The first-order valence-corrected chi connectivity index (χ1v) is 6.15. The van der Waals surface area contributed by atoms with Gasteiger partial charge in [0, 0.05) is 10.2 Å². The second-order valence-corrected chi connectivity index (χ2v) is 4.90. The lowest BCUT2D eigenvalue weighted by molar-refractivity contribution is 0.101. The van der Waals surface area contributed by atoms with E-state index in [1.165, 1.54) is 0 Å². The fraction of sp³-hybridized carbons (Fsp3) is 0.231. The molecule has 0 radical (unpaired) electrons. The molecule has 1 aromatic carbocycles. The van der Waals surface area contributed by atoms with Crippen molar-refractivity contribution in [1.29, 1.82) is 0 Å². The van der Waals surface area contributed by atoms with Crippen molar-refractivity contribution in [3.05, 3.63) is 51.8 Å². The quantitative estimate of drug-likeness (QED) is 0.814. The molecule has 0 atom stereocenters. The first kappa shape index (κ1) is 12.0. The van der Waals surface area contributed by atoms with Gasteiger partial charge in [0.1, 0.15) is 0 Å². The van der Waals surface area contributed by atoms with Gasteiger partial charge in [-0.2, -0.15) is 5.10 Å². The molecule has 1 aromatic heterocycles. The Morgan fingerprint density at radius 2 is 2.24 bits per heavy atom. The predicted molar refractivity (Wildman–Crippen MR) is 70.2 cm³/mol. The molecule has 3 nitrogen and oxygen atoms in total. The molecular formula is C13H13BrN2O. The van der Waals surface area contributed by atoms with E-state index in [0.717, 1.165) is 15.7 Å². The number of carbonyl (C=O) groups is 1. The monoisotopic (exact) mass is 292 g/mol. The third kappa shape index (κ3) is 2.64. The van der Waals surface area contributed by atoms with Crippen LogP contribution < -0.4 is 0 Å². The highest BCUT2D eigenvalue weighted by Crippen LogP contribution is 2.14. The molecule has 0 aliphatic heterocycles. The number of halogens is 1. The van der Waals surface area contributed by atoms with Crippen LogP contribution in [0.4, 0.5) is 0 Å². The SMILES string of the molecule is CC(=O)c1cnn(Cc2cccc(Br)c2)c1C. The van der Waals surface area contributed by atoms with E-state index in [1.807, 2.05) is 29.8 Å². The van der Waals surface area contributed by atoms with E-state index in [1.54, 1.807) is 13.1 Å². The average Bonchev–Trinajstić information content (AvgIpc) is 2.61. The lowest BCUT2D eigenvalue weighted by atomic mass is 10.2. The molecule has 2 rings (SSSR count). The summed E-state index contributed by atoms with van der Waals surface area (Å²) in [5, 5.41) is 4.24. The van der Waals surface area contributed by atoms with Crippen LogP contribution in [-0.4, -0.2) is 15.6 Å². The second-order valence-electron chi connectivity index (χ2n) is 3.99. The average molecular weight is 293 g/mol. The van der Waals surface area contributed by atoms with Gasteiger partial charge in [-0.1, -0.05) is 28.1 Å². The summed E-state index contributed by atoms with van der Waals surface area (Å²) >= 11 is 3.44. The Hall–Kier alpha value is -1.42. The van der Waals surface area contributed by atoms with Crippen molar-refractivity contribution in [3.63, 3.8) is 0 Å². The number of carbonyl (C=O) groups excluding carboxylic acids is 1. The molecule has 0 fully saturated rings. The van der Waals surface area contributed by atoms with E-state index in [4.69, 9.17) is 0 Å². The third-order valence-corrected chi connectivity index (χ3v) is 3.20. The van der Waals surface area contributed by atoms with Crippen LogP contribution in [0.2, 0.25) is 0 Å². The van der Waals surface area contributed by atoms with Gasteiger partial charge in [-0.05, 0) is 31.5 Å². The van der Waals surface area contributed by atoms with Gasteiger partial charge in [-0.15, -0.1) is 0 Å². The molecule has 88 valence electrons. The van der Waals surface area contributed by atoms with E-state index in [9.17, 15) is 4.79 Å². The summed E-state index contributed by atoms with van der Waals surface area (Å²) in [4.78, 5) is 11.3. The van der Waals surface area contributed by atoms with Crippen LogP contribution in [0.3, 0.4) is 0 Å². The standard InChI is InChI=1S/C13H13BrN2O/c1-9-13(10(2)17)7-15-16(9)8-11-4-3-5-12(14)6-11/h3-7H,8H2,1-2H3. The van der Waals surface area contributed by atoms with Crippen LogP contribution in [0.5, 0.6) is 0 Å². The number of hydrogen-bond donors (Lipinski definition) is 0. The Kier molecular flexibility index (Phi) is 3.43. The minimum atomic E-state index is 0.0583. The molecule has 0 saturated carbocycles. The molecule has 0 saturated heterocycles. The molecule has 2 aromatic rings. The van der Waals surface area contributed by atoms with Gasteiger partial charge in [-0.25, -0.2) is 0 Å². The van der Waals surface area contributed by atoms with Gasteiger partial charge in [0.05, 0.1) is 18.3 Å². The number of ketones is 1. The van der Waals surface area contributed by atoms with Gasteiger partial charge >= 0.3 is 0 Å². The maximum absolute atomic E-state index is 11.3. The smallest absolute Gasteiger partial charge is 0.163 e. The minimum absolute atomic E-state index is 0.0583. The summed E-state index contributed by atoms with van der Waals surface area (Å²) in [6.45, 7) is 4.16. The maximum Gasteiger partial charge on any atom is 0.163 e. The predicted octanol–water partition coefficient (Wildman–Crippen LogP) is 3.20. The minimum Gasteiger partial charge on any atom is -0.294 e. The van der Waals surface area contributed by atoms with Crippen LogP contribution in [0, 0.1) is 6.92 Å². The molecule has 17 heavy (non-hydrogen) atoms. The van der Waals surface area contributed by atoms with Crippen molar-refractivity contribution in [1.82, 2.24) is 9.78 Å². The summed E-state index contributed by atoms with van der Waals surface area (Å²) in [7, 11) is 0. The van der Waals surface area contributed by atoms with Gasteiger partial charge in [0.2, 0.25) is 0 Å². The van der Waals surface area contributed by atoms with Crippen molar-refractivity contribution >= 4 is 21.7 Å². The normalized spacial score (nSPS) is 10.5. The Labute approximate surface area is 109 Å². The van der Waals surface area contributed by atoms with Crippen LogP contribution in [-0.2, 0) is 6.54 Å². The largest absolute Gasteiger partial charge is 0.294 e. The highest BCUT2D eigenvalue weighted by molar-refractivity contribution is 9.10. The lowest BCUT2D eigenvalue weighted by Crippen LogP contribution is -2.05. The van der Waals surface area contributed by atoms with Crippen LogP contribution in [0.1, 0.15) is 28.5 Å². The van der Waals surface area contributed by atoms with E-state index in [-0.39, 0.29) is 5.78 Å². The molecular weight excluding hydrogens is 280 g/mol.